The predicted octanol–water partition coefficient (Wildman–Crippen LogP) is 3.83. The summed E-state index contributed by atoms with van der Waals surface area (Å²) in [4.78, 5) is 30.2. The number of rotatable bonds is 3. The molecule has 5 rings (SSSR count). The molecule has 2 fully saturated rings. The molecule has 5 nitrogen and oxygen atoms in total. The largest absolute Gasteiger partial charge is 0.351 e. The van der Waals surface area contributed by atoms with Crippen molar-refractivity contribution in [3.8, 4) is 0 Å². The van der Waals surface area contributed by atoms with Gasteiger partial charge in [-0.2, -0.15) is 0 Å². The van der Waals surface area contributed by atoms with Gasteiger partial charge in [0.15, 0.2) is 0 Å². The molecule has 2 amide bonds. The van der Waals surface area contributed by atoms with E-state index in [2.05, 4.69) is 18.2 Å². The molecule has 1 aromatic heterocycles. The van der Waals surface area contributed by atoms with Gasteiger partial charge in [0.1, 0.15) is 0 Å². The van der Waals surface area contributed by atoms with Crippen molar-refractivity contribution >= 4 is 22.7 Å². The number of aromatic nitrogens is 1. The van der Waals surface area contributed by atoms with Crippen LogP contribution in [0.5, 0.6) is 0 Å². The number of carbonyl (C=O) groups excluding carboxylic acids is 2. The molecule has 0 bridgehead atoms. The van der Waals surface area contributed by atoms with E-state index >= 15 is 0 Å². The van der Waals surface area contributed by atoms with Gasteiger partial charge in [-0.15, -0.1) is 0 Å². The highest BCUT2D eigenvalue weighted by Gasteiger charge is 2.48. The Kier molecular flexibility index (Phi) is 4.61. The van der Waals surface area contributed by atoms with Gasteiger partial charge in [-0.05, 0) is 48.4 Å². The van der Waals surface area contributed by atoms with Crippen LogP contribution in [0.25, 0.3) is 10.9 Å². The third-order valence-corrected chi connectivity index (χ3v) is 6.96. The summed E-state index contributed by atoms with van der Waals surface area (Å²) in [5.41, 5.74) is 2.68. The Labute approximate surface area is 176 Å². The Morgan fingerprint density at radius 3 is 2.47 bits per heavy atom. The molecule has 154 valence electrons. The third-order valence-electron chi connectivity index (χ3n) is 6.96. The highest BCUT2D eigenvalue weighted by atomic mass is 16.2. The zero-order valence-corrected chi connectivity index (χ0v) is 17.4. The molecule has 2 aromatic carbocycles. The smallest absolute Gasteiger partial charge is 0.253 e. The van der Waals surface area contributed by atoms with Crippen molar-refractivity contribution in [1.82, 2.24) is 14.4 Å². The molecule has 1 spiro atoms. The summed E-state index contributed by atoms with van der Waals surface area (Å²) in [5.74, 6) is 0.336. The standard InChI is InChI=1S/C25H27N3O2/c1-26-13-9-20-7-8-21(17-22(20)26)23(29)27-14-10-25(11-15-27)12-16-28(24(25)30)18-19-5-3-2-4-6-19/h2-9,13,17H,10-12,14-16,18H2,1H3. The van der Waals surface area contributed by atoms with Crippen molar-refractivity contribution in [1.29, 1.82) is 0 Å². The molecule has 2 aliphatic heterocycles. The molecular formula is C25H27N3O2. The summed E-state index contributed by atoms with van der Waals surface area (Å²) >= 11 is 0. The van der Waals surface area contributed by atoms with E-state index in [0.717, 1.165) is 42.3 Å². The lowest BCUT2D eigenvalue weighted by molar-refractivity contribution is -0.138. The van der Waals surface area contributed by atoms with E-state index in [0.29, 0.717) is 19.6 Å². The highest BCUT2D eigenvalue weighted by Crippen LogP contribution is 2.42. The minimum atomic E-state index is -0.284. The molecule has 0 aliphatic carbocycles. The van der Waals surface area contributed by atoms with Crippen LogP contribution in [0.3, 0.4) is 0 Å². The van der Waals surface area contributed by atoms with Crippen LogP contribution in [-0.4, -0.2) is 45.8 Å². The second kappa shape index (κ2) is 7.31. The van der Waals surface area contributed by atoms with Gasteiger partial charge in [0.2, 0.25) is 5.91 Å². The molecule has 0 atom stereocenters. The summed E-state index contributed by atoms with van der Waals surface area (Å²) in [5, 5.41) is 1.14. The van der Waals surface area contributed by atoms with Gasteiger partial charge in [-0.25, -0.2) is 0 Å². The molecule has 3 aromatic rings. The Bertz CT molecular complexity index is 1090. The zero-order chi connectivity index (χ0) is 20.7. The average Bonchev–Trinajstić information content (AvgIpc) is 3.30. The number of aryl methyl sites for hydroxylation is 1. The number of benzene rings is 2. The van der Waals surface area contributed by atoms with Gasteiger partial charge in [0, 0.05) is 50.5 Å². The van der Waals surface area contributed by atoms with E-state index in [1.807, 2.05) is 64.0 Å². The van der Waals surface area contributed by atoms with E-state index in [1.54, 1.807) is 0 Å². The minimum absolute atomic E-state index is 0.0690. The number of carbonyl (C=O) groups is 2. The SMILES string of the molecule is Cn1ccc2ccc(C(=O)N3CCC4(CC3)CCN(Cc3ccccc3)C4=O)cc21. The molecule has 30 heavy (non-hydrogen) atoms. The maximum atomic E-state index is 13.2. The normalized spacial score (nSPS) is 18.5. The Morgan fingerprint density at radius 2 is 1.70 bits per heavy atom. The summed E-state index contributed by atoms with van der Waals surface area (Å²) in [6, 6.07) is 18.1. The highest BCUT2D eigenvalue weighted by molar-refractivity contribution is 5.98. The van der Waals surface area contributed by atoms with Gasteiger partial charge >= 0.3 is 0 Å². The van der Waals surface area contributed by atoms with Crippen molar-refractivity contribution in [3.63, 3.8) is 0 Å². The number of likely N-dealkylation sites (tertiary alicyclic amines) is 2. The molecule has 0 unspecified atom stereocenters. The van der Waals surface area contributed by atoms with Gasteiger partial charge in [-0.1, -0.05) is 36.4 Å². The maximum absolute atomic E-state index is 13.2. The summed E-state index contributed by atoms with van der Waals surface area (Å²) < 4.78 is 2.04. The quantitative estimate of drug-likeness (QED) is 0.670. The lowest BCUT2D eigenvalue weighted by atomic mass is 9.77. The minimum Gasteiger partial charge on any atom is -0.351 e. The van der Waals surface area contributed by atoms with Crippen LogP contribution in [0.2, 0.25) is 0 Å². The van der Waals surface area contributed by atoms with Gasteiger partial charge in [-0.3, -0.25) is 9.59 Å². The molecule has 2 aliphatic rings. The van der Waals surface area contributed by atoms with Crippen molar-refractivity contribution in [3.05, 3.63) is 71.9 Å². The predicted molar refractivity (Wildman–Crippen MR) is 117 cm³/mol. The molecular weight excluding hydrogens is 374 g/mol. The fourth-order valence-corrected chi connectivity index (χ4v) is 5.03. The van der Waals surface area contributed by atoms with Crippen molar-refractivity contribution in [2.75, 3.05) is 19.6 Å². The van der Waals surface area contributed by atoms with Gasteiger partial charge in [0.05, 0.1) is 5.41 Å². The van der Waals surface area contributed by atoms with Gasteiger partial charge < -0.3 is 14.4 Å². The first-order chi connectivity index (χ1) is 14.6. The average molecular weight is 402 g/mol. The van der Waals surface area contributed by atoms with Crippen LogP contribution >= 0.6 is 0 Å². The van der Waals surface area contributed by atoms with Crippen LogP contribution in [0.4, 0.5) is 0 Å². The summed E-state index contributed by atoms with van der Waals surface area (Å²) in [7, 11) is 1.99. The number of hydrogen-bond donors (Lipinski definition) is 0. The maximum Gasteiger partial charge on any atom is 0.253 e. The molecule has 0 N–H and O–H groups in total. The number of nitrogens with zero attached hydrogens (tertiary/aromatic N) is 3. The Hall–Kier alpha value is -3.08. The molecule has 0 radical (unpaired) electrons. The second-order valence-corrected chi connectivity index (χ2v) is 8.74. The lowest BCUT2D eigenvalue weighted by Gasteiger charge is -2.38. The first kappa shape index (κ1) is 18.9. The van der Waals surface area contributed by atoms with Crippen molar-refractivity contribution in [2.45, 2.75) is 25.8 Å². The van der Waals surface area contributed by atoms with Crippen molar-refractivity contribution in [2.24, 2.45) is 12.5 Å². The molecule has 3 heterocycles. The van der Waals surface area contributed by atoms with E-state index in [4.69, 9.17) is 0 Å². The molecule has 5 heteroatoms. The monoisotopic (exact) mass is 401 g/mol. The fourth-order valence-electron chi connectivity index (χ4n) is 5.03. The van der Waals surface area contributed by atoms with E-state index in [9.17, 15) is 9.59 Å². The van der Waals surface area contributed by atoms with Crippen LogP contribution < -0.4 is 0 Å². The van der Waals surface area contributed by atoms with E-state index in [1.165, 1.54) is 5.56 Å². The van der Waals surface area contributed by atoms with Crippen LogP contribution in [0.1, 0.15) is 35.2 Å². The van der Waals surface area contributed by atoms with E-state index in [-0.39, 0.29) is 17.2 Å². The Morgan fingerprint density at radius 1 is 0.967 bits per heavy atom. The van der Waals surface area contributed by atoms with Crippen LogP contribution in [0.15, 0.2) is 60.8 Å². The van der Waals surface area contributed by atoms with E-state index < -0.39 is 0 Å². The topological polar surface area (TPSA) is 45.6 Å². The van der Waals surface area contributed by atoms with Crippen LogP contribution in [0, 0.1) is 5.41 Å². The first-order valence-corrected chi connectivity index (χ1v) is 10.7. The lowest BCUT2D eigenvalue weighted by Crippen LogP contribution is -2.46. The fraction of sp³-hybridized carbons (Fsp3) is 0.360. The van der Waals surface area contributed by atoms with Gasteiger partial charge in [0.25, 0.3) is 5.91 Å². The second-order valence-electron chi connectivity index (χ2n) is 8.74. The number of amides is 2. The summed E-state index contributed by atoms with van der Waals surface area (Å²) in [6.07, 6.45) is 4.43. The zero-order valence-electron chi connectivity index (χ0n) is 17.4. The number of piperidine rings is 1. The van der Waals surface area contributed by atoms with Crippen molar-refractivity contribution < 1.29 is 9.59 Å². The first-order valence-electron chi connectivity index (χ1n) is 10.7. The number of fused-ring (bicyclic) bond motifs is 1. The van der Waals surface area contributed by atoms with Crippen LogP contribution in [-0.2, 0) is 18.4 Å². The Balaban J connectivity index is 1.26. The molecule has 0 saturated carbocycles. The summed E-state index contributed by atoms with van der Waals surface area (Å²) in [6.45, 7) is 2.79. The third kappa shape index (κ3) is 3.18. The number of hydrogen-bond acceptors (Lipinski definition) is 2. The molecule has 2 saturated heterocycles.